The van der Waals surface area contributed by atoms with Crippen LogP contribution in [0, 0.1) is 0 Å². The second-order valence-electron chi connectivity index (χ2n) is 8.60. The highest BCUT2D eigenvalue weighted by atomic mass is 16.7. The predicted molar refractivity (Wildman–Crippen MR) is 123 cm³/mol. The smallest absolute Gasteiger partial charge is 0.317 e. The quantitative estimate of drug-likeness (QED) is 0.0934. The summed E-state index contributed by atoms with van der Waals surface area (Å²) in [6, 6.07) is 3.74. The number of aliphatic hydroxyl groups excluding tert-OH is 5. The lowest BCUT2D eigenvalue weighted by Gasteiger charge is -2.40. The third-order valence-corrected chi connectivity index (χ3v) is 5.88. The van der Waals surface area contributed by atoms with Crippen LogP contribution in [-0.2, 0) is 23.8 Å². The van der Waals surface area contributed by atoms with Gasteiger partial charge in [-0.25, -0.2) is 0 Å². The van der Waals surface area contributed by atoms with Crippen LogP contribution in [0.1, 0.15) is 12.0 Å². The third-order valence-electron chi connectivity index (χ3n) is 5.88. The zero-order valence-corrected chi connectivity index (χ0v) is 19.4. The van der Waals surface area contributed by atoms with Crippen molar-refractivity contribution < 1.29 is 69.4 Å². The normalized spacial score (nSPS) is 28.8. The van der Waals surface area contributed by atoms with Crippen molar-refractivity contribution in [2.75, 3.05) is 6.61 Å². The van der Waals surface area contributed by atoms with E-state index in [4.69, 9.17) is 19.3 Å². The summed E-state index contributed by atoms with van der Waals surface area (Å²) in [4.78, 5) is 22.2. The van der Waals surface area contributed by atoms with E-state index in [1.54, 1.807) is 0 Å². The number of carbonyl (C=O) groups is 2. The Morgan fingerprint density at radius 1 is 0.974 bits per heavy atom. The molecule has 6 atom stereocenters. The van der Waals surface area contributed by atoms with Crippen LogP contribution in [0.5, 0.6) is 11.5 Å². The van der Waals surface area contributed by atoms with Crippen LogP contribution in [0.15, 0.2) is 59.3 Å². The van der Waals surface area contributed by atoms with Crippen LogP contribution < -0.4 is 0 Å². The number of aliphatic hydroxyl groups is 7. The monoisotopic (exact) mass is 537 g/mol. The summed E-state index contributed by atoms with van der Waals surface area (Å²) in [5, 5.41) is 79.7. The first-order chi connectivity index (χ1) is 17.9. The van der Waals surface area contributed by atoms with Gasteiger partial charge in [-0.2, -0.15) is 0 Å². The number of esters is 1. The number of phenolic OH excluding ortho intramolecular Hbond substituents is 2. The van der Waals surface area contributed by atoms with Gasteiger partial charge in [0.05, 0.1) is 17.2 Å². The molecule has 3 aliphatic rings. The summed E-state index contributed by atoms with van der Waals surface area (Å²) in [6.45, 7) is -0.671. The first kappa shape index (κ1) is 26.8. The van der Waals surface area contributed by atoms with E-state index in [1.165, 1.54) is 30.4 Å². The Kier molecular flexibility index (Phi) is 7.50. The number of fused-ring (bicyclic) bond motifs is 1. The van der Waals surface area contributed by atoms with Crippen molar-refractivity contribution in [3.05, 3.63) is 64.8 Å². The molecule has 1 aromatic rings. The minimum Gasteiger partial charge on any atom is -0.571 e. The molecule has 0 spiro atoms. The topological polar surface area (TPSA) is 236 Å². The van der Waals surface area contributed by atoms with E-state index in [1.807, 2.05) is 0 Å². The fourth-order valence-corrected chi connectivity index (χ4v) is 3.96. The summed E-state index contributed by atoms with van der Waals surface area (Å²) in [5.74, 6) is -4.15. The van der Waals surface area contributed by atoms with Gasteiger partial charge in [0.15, 0.2) is 11.5 Å². The molecule has 204 valence electrons. The van der Waals surface area contributed by atoms with Crippen LogP contribution in [0.25, 0.3) is 5.76 Å². The molecular formula is C24H25O14+. The van der Waals surface area contributed by atoms with Crippen LogP contribution >= 0.6 is 0 Å². The van der Waals surface area contributed by atoms with Gasteiger partial charge >= 0.3 is 17.7 Å². The largest absolute Gasteiger partial charge is 0.571 e. The van der Waals surface area contributed by atoms with Crippen molar-refractivity contribution in [3.8, 4) is 11.5 Å². The summed E-state index contributed by atoms with van der Waals surface area (Å²) in [5.41, 5.74) is 0.409. The molecular weight excluding hydrogens is 512 g/mol. The highest BCUT2D eigenvalue weighted by Crippen LogP contribution is 2.38. The first-order valence-electron chi connectivity index (χ1n) is 11.2. The van der Waals surface area contributed by atoms with Gasteiger partial charge in [-0.3, -0.25) is 9.59 Å². The van der Waals surface area contributed by atoms with E-state index in [-0.39, 0.29) is 34.2 Å². The van der Waals surface area contributed by atoms with Gasteiger partial charge < -0.3 is 59.8 Å². The number of rotatable bonds is 7. The zero-order chi connectivity index (χ0) is 27.7. The standard InChI is InChI=1S/C24H24O14/c25-10-4-13(27)11-6-16(23(36-15(11)5-10)9-1-2-12(26)14(28)3-9)37-24-22(34)21(33)20(32)17(38-24)8-35-19(31)7-18(29)30/h1-6,15,17,20-22,24-28,32-34H,7-8H2,(H,29,30)/p+1. The van der Waals surface area contributed by atoms with Gasteiger partial charge in [-0.15, -0.1) is 0 Å². The second kappa shape index (κ2) is 10.6. The number of carbonyl (C=O) groups excluding carboxylic acids is 1. The molecule has 38 heavy (non-hydrogen) atoms. The van der Waals surface area contributed by atoms with Crippen LogP contribution in [0.3, 0.4) is 0 Å². The van der Waals surface area contributed by atoms with Crippen LogP contribution in [0.4, 0.5) is 0 Å². The Labute approximate surface area is 213 Å². The van der Waals surface area contributed by atoms with E-state index in [2.05, 4.69) is 4.74 Å². The fraction of sp³-hybridized carbons (Fsp3) is 0.333. The van der Waals surface area contributed by atoms with E-state index < -0.39 is 73.3 Å². The third kappa shape index (κ3) is 5.52. The average molecular weight is 537 g/mol. The van der Waals surface area contributed by atoms with Crippen molar-refractivity contribution in [1.29, 1.82) is 0 Å². The number of carboxylic acids is 1. The summed E-state index contributed by atoms with van der Waals surface area (Å²) >= 11 is 0. The molecule has 1 saturated heterocycles. The van der Waals surface area contributed by atoms with Crippen molar-refractivity contribution in [2.24, 2.45) is 0 Å². The Balaban J connectivity index is 1.65. The minimum atomic E-state index is -1.83. The predicted octanol–water partition coefficient (Wildman–Crippen LogP) is -0.658. The maximum atomic E-state index is 11.6. The first-order valence-corrected chi connectivity index (χ1v) is 11.2. The summed E-state index contributed by atoms with van der Waals surface area (Å²) < 4.78 is 20.5. The molecule has 0 bridgehead atoms. The van der Waals surface area contributed by atoms with Crippen LogP contribution in [0.2, 0.25) is 0 Å². The molecule has 14 heteroatoms. The van der Waals surface area contributed by atoms with Crippen molar-refractivity contribution >= 4 is 17.7 Å². The Morgan fingerprint density at radius 3 is 2.39 bits per heavy atom. The molecule has 1 fully saturated rings. The van der Waals surface area contributed by atoms with Crippen LogP contribution in [-0.4, -0.2) is 101 Å². The van der Waals surface area contributed by atoms with Gasteiger partial charge in [0, 0.05) is 18.2 Å². The number of benzene rings is 1. The van der Waals surface area contributed by atoms with Crippen molar-refractivity contribution in [3.63, 3.8) is 0 Å². The molecule has 1 aliphatic carbocycles. The molecule has 0 amide bonds. The Morgan fingerprint density at radius 2 is 1.71 bits per heavy atom. The number of hydrogen-bond acceptors (Lipinski definition) is 12. The number of aromatic hydroxyl groups is 2. The minimum absolute atomic E-state index is 0.0358. The molecule has 1 aromatic carbocycles. The van der Waals surface area contributed by atoms with Crippen molar-refractivity contribution in [2.45, 2.75) is 43.2 Å². The maximum Gasteiger partial charge on any atom is 0.317 e. The van der Waals surface area contributed by atoms with Gasteiger partial charge in [-0.1, -0.05) is 0 Å². The van der Waals surface area contributed by atoms with Gasteiger partial charge in [0.1, 0.15) is 49.0 Å². The van der Waals surface area contributed by atoms with E-state index >= 15 is 0 Å². The molecule has 0 saturated carbocycles. The van der Waals surface area contributed by atoms with Gasteiger partial charge in [0.25, 0.3) is 0 Å². The fourth-order valence-electron chi connectivity index (χ4n) is 3.96. The van der Waals surface area contributed by atoms with Crippen molar-refractivity contribution in [1.82, 2.24) is 0 Å². The molecule has 6 unspecified atom stereocenters. The Hall–Kier alpha value is -4.24. The molecule has 0 radical (unpaired) electrons. The second-order valence-corrected chi connectivity index (χ2v) is 8.60. The van der Waals surface area contributed by atoms with E-state index in [0.29, 0.717) is 0 Å². The number of carboxylic acid groups (broad SMARTS) is 1. The molecule has 14 nitrogen and oxygen atoms in total. The van der Waals surface area contributed by atoms with Gasteiger partial charge in [-0.05, 0) is 12.1 Å². The number of phenols is 2. The molecule has 0 aromatic heterocycles. The lowest BCUT2D eigenvalue weighted by atomic mass is 9.96. The highest BCUT2D eigenvalue weighted by Gasteiger charge is 2.47. The number of hydrogen-bond donors (Lipinski definition) is 8. The molecule has 4 rings (SSSR count). The number of aliphatic carboxylic acids is 1. The van der Waals surface area contributed by atoms with Gasteiger partial charge in [0.2, 0.25) is 18.2 Å². The summed E-state index contributed by atoms with van der Waals surface area (Å²) in [6.07, 6.45) is -6.60. The molecule has 2 heterocycles. The molecule has 2 aliphatic heterocycles. The maximum absolute atomic E-state index is 11.6. The highest BCUT2D eigenvalue weighted by molar-refractivity contribution is 5.90. The lowest BCUT2D eigenvalue weighted by molar-refractivity contribution is -0.291. The van der Waals surface area contributed by atoms with E-state index in [9.17, 15) is 45.3 Å². The summed E-state index contributed by atoms with van der Waals surface area (Å²) in [7, 11) is 0. The Bertz CT molecular complexity index is 1240. The average Bonchev–Trinajstić information content (AvgIpc) is 2.84. The van der Waals surface area contributed by atoms with E-state index in [0.717, 1.165) is 6.08 Å². The number of ether oxygens (including phenoxy) is 4. The molecule has 9 N–H and O–H groups in total. The lowest BCUT2D eigenvalue weighted by Crippen LogP contribution is -2.59. The number of allylic oxidation sites excluding steroid dienone is 2. The SMILES string of the molecule is O=C(O)CC(=O)OCC1OC(OC2=C(c3ccc(O)c(O)c3)[OH+]C3C=C(O)C=C(O)C3=C2)C(O)C(O)C1O. The zero-order valence-electron chi connectivity index (χ0n) is 19.4.